The Hall–Kier alpha value is -2.63. The molecular formula is C30H38N2O3. The lowest BCUT2D eigenvalue weighted by Crippen LogP contribution is -2.44. The van der Waals surface area contributed by atoms with Crippen LogP contribution in [0.1, 0.15) is 56.0 Å². The average molecular weight is 475 g/mol. The van der Waals surface area contributed by atoms with Gasteiger partial charge in [0.2, 0.25) is 5.91 Å². The van der Waals surface area contributed by atoms with E-state index in [4.69, 9.17) is 4.74 Å². The van der Waals surface area contributed by atoms with Gasteiger partial charge in [-0.25, -0.2) is 0 Å². The number of nitrogens with one attached hydrogen (secondary N) is 1. The molecule has 0 unspecified atom stereocenters. The number of amides is 1. The van der Waals surface area contributed by atoms with Gasteiger partial charge in [0.15, 0.2) is 0 Å². The van der Waals surface area contributed by atoms with Gasteiger partial charge in [-0.15, -0.1) is 0 Å². The Balaban J connectivity index is 1.57. The first kappa shape index (κ1) is 24.1. The molecule has 1 amide bonds. The summed E-state index contributed by atoms with van der Waals surface area (Å²) in [7, 11) is 0. The van der Waals surface area contributed by atoms with Crippen molar-refractivity contribution in [3.05, 3.63) is 71.4 Å². The van der Waals surface area contributed by atoms with Gasteiger partial charge in [-0.1, -0.05) is 61.9 Å². The van der Waals surface area contributed by atoms with Crippen LogP contribution in [0.15, 0.2) is 54.6 Å². The van der Waals surface area contributed by atoms with E-state index in [1.54, 1.807) is 6.92 Å². The highest BCUT2D eigenvalue weighted by atomic mass is 16.5. The molecule has 2 heterocycles. The molecule has 35 heavy (non-hydrogen) atoms. The zero-order chi connectivity index (χ0) is 24.4. The second-order valence-electron chi connectivity index (χ2n) is 10.6. The van der Waals surface area contributed by atoms with Crippen LogP contribution in [0.4, 0.5) is 0 Å². The lowest BCUT2D eigenvalue weighted by Gasteiger charge is -2.45. The van der Waals surface area contributed by atoms with Gasteiger partial charge in [-0.3, -0.25) is 4.79 Å². The van der Waals surface area contributed by atoms with Crippen LogP contribution in [0, 0.1) is 23.7 Å². The Labute approximate surface area is 208 Å². The zero-order valence-electron chi connectivity index (χ0n) is 21.0. The minimum atomic E-state index is -0.0895. The highest BCUT2D eigenvalue weighted by Gasteiger charge is 2.41. The molecule has 1 aromatic heterocycles. The number of aliphatic hydroxyl groups excluding tert-OH is 1. The largest absolute Gasteiger partial charge is 0.396 e. The molecule has 2 aromatic carbocycles. The van der Waals surface area contributed by atoms with Crippen molar-refractivity contribution in [3.63, 3.8) is 0 Å². The van der Waals surface area contributed by atoms with Crippen molar-refractivity contribution in [1.82, 2.24) is 9.88 Å². The van der Waals surface area contributed by atoms with E-state index in [1.165, 1.54) is 10.9 Å². The summed E-state index contributed by atoms with van der Waals surface area (Å²) in [6.07, 6.45) is 3.76. The molecule has 1 fully saturated rings. The number of fused-ring (bicyclic) bond motifs is 4. The normalized spacial score (nSPS) is 27.3. The fraction of sp³-hybridized carbons (Fsp3) is 0.500. The Bertz CT molecular complexity index is 1140. The Morgan fingerprint density at radius 2 is 1.89 bits per heavy atom. The van der Waals surface area contributed by atoms with Crippen LogP contribution < -0.4 is 0 Å². The number of carbonyl (C=O) groups is 1. The summed E-state index contributed by atoms with van der Waals surface area (Å²) in [5, 5.41) is 11.7. The van der Waals surface area contributed by atoms with Crippen LogP contribution in [0.5, 0.6) is 0 Å². The molecule has 5 atom stereocenters. The molecule has 2 N–H and O–H groups in total. The molecule has 5 rings (SSSR count). The lowest BCUT2D eigenvalue weighted by molar-refractivity contribution is -0.130. The molecule has 3 aromatic rings. The zero-order valence-corrected chi connectivity index (χ0v) is 21.0. The van der Waals surface area contributed by atoms with E-state index in [9.17, 15) is 9.90 Å². The average Bonchev–Trinajstić information content (AvgIpc) is 3.24. The summed E-state index contributed by atoms with van der Waals surface area (Å²) in [6.45, 7) is 6.18. The van der Waals surface area contributed by atoms with Crippen molar-refractivity contribution in [3.8, 4) is 0 Å². The van der Waals surface area contributed by atoms with E-state index in [0.717, 1.165) is 49.0 Å². The van der Waals surface area contributed by atoms with Crippen LogP contribution in [0.3, 0.4) is 0 Å². The number of nitrogens with zero attached hydrogens (tertiary/aromatic N) is 1. The number of aromatic amines is 1. The number of hydrogen-bond donors (Lipinski definition) is 2. The smallest absolute Gasteiger partial charge is 0.219 e. The van der Waals surface area contributed by atoms with Crippen molar-refractivity contribution in [1.29, 1.82) is 0 Å². The Morgan fingerprint density at radius 3 is 2.66 bits per heavy atom. The van der Waals surface area contributed by atoms with E-state index in [0.29, 0.717) is 30.9 Å². The Morgan fingerprint density at radius 1 is 1.11 bits per heavy atom. The first-order valence-corrected chi connectivity index (χ1v) is 13.2. The molecular weight excluding hydrogens is 436 g/mol. The van der Waals surface area contributed by atoms with Crippen molar-refractivity contribution in [2.45, 2.75) is 52.2 Å². The number of ether oxygens (including phenoxy) is 1. The molecule has 0 bridgehead atoms. The highest BCUT2D eigenvalue weighted by Crippen LogP contribution is 2.45. The van der Waals surface area contributed by atoms with Gasteiger partial charge in [0.1, 0.15) is 0 Å². The lowest BCUT2D eigenvalue weighted by atomic mass is 9.65. The number of para-hydroxylation sites is 1. The van der Waals surface area contributed by atoms with Crippen molar-refractivity contribution < 1.29 is 14.6 Å². The molecule has 1 saturated carbocycles. The van der Waals surface area contributed by atoms with Crippen molar-refractivity contribution in [2.75, 3.05) is 19.7 Å². The van der Waals surface area contributed by atoms with E-state index in [1.807, 2.05) is 11.0 Å². The summed E-state index contributed by atoms with van der Waals surface area (Å²) in [5.41, 5.74) is 4.68. The van der Waals surface area contributed by atoms with Crippen LogP contribution in [-0.4, -0.2) is 40.6 Å². The number of aliphatic hydroxyl groups is 1. The van der Waals surface area contributed by atoms with Crippen molar-refractivity contribution in [2.24, 2.45) is 23.7 Å². The fourth-order valence-corrected chi connectivity index (χ4v) is 6.55. The van der Waals surface area contributed by atoms with Gasteiger partial charge in [0, 0.05) is 43.2 Å². The fourth-order valence-electron chi connectivity index (χ4n) is 6.55. The molecule has 1 aliphatic heterocycles. The number of benzene rings is 2. The minimum Gasteiger partial charge on any atom is -0.396 e. The quantitative estimate of drug-likeness (QED) is 0.525. The second-order valence-corrected chi connectivity index (χ2v) is 10.6. The van der Waals surface area contributed by atoms with E-state index < -0.39 is 0 Å². The molecule has 0 spiro atoms. The summed E-state index contributed by atoms with van der Waals surface area (Å²) in [5.74, 6) is 1.50. The molecule has 5 heteroatoms. The van der Waals surface area contributed by atoms with Crippen LogP contribution in [0.25, 0.3) is 10.9 Å². The van der Waals surface area contributed by atoms with Gasteiger partial charge in [-0.2, -0.15) is 0 Å². The number of H-pyrrole nitrogens is 1. The predicted octanol–water partition coefficient (Wildman–Crippen LogP) is 5.49. The third kappa shape index (κ3) is 5.03. The summed E-state index contributed by atoms with van der Waals surface area (Å²) >= 11 is 0. The predicted molar refractivity (Wildman–Crippen MR) is 139 cm³/mol. The molecule has 0 radical (unpaired) electrons. The first-order valence-electron chi connectivity index (χ1n) is 13.2. The van der Waals surface area contributed by atoms with Gasteiger partial charge < -0.3 is 19.7 Å². The number of rotatable bonds is 4. The monoisotopic (exact) mass is 474 g/mol. The standard InChI is InChI=1S/C30H38N2O3/c1-20-12-13-23-17-32(21(2)34)15-14-25-24-10-6-7-11-28(24)31-30(25)29(16-26(23)27(20)18-33)35-19-22-8-4-3-5-9-22/h3-11,20,23,26-27,29,31,33H,12-19H2,1-2H3/t20-,23-,26-,27-,29+/m0/s1. The second kappa shape index (κ2) is 10.5. The van der Waals surface area contributed by atoms with E-state index >= 15 is 0 Å². The van der Waals surface area contributed by atoms with Crippen LogP contribution >= 0.6 is 0 Å². The Kier molecular flexibility index (Phi) is 7.26. The number of hydrogen-bond acceptors (Lipinski definition) is 3. The summed E-state index contributed by atoms with van der Waals surface area (Å²) in [6, 6.07) is 18.8. The van der Waals surface area contributed by atoms with Gasteiger partial charge in [-0.05, 0) is 60.1 Å². The maximum absolute atomic E-state index is 12.6. The van der Waals surface area contributed by atoms with Gasteiger partial charge in [0.25, 0.3) is 0 Å². The SMILES string of the molecule is CC(=O)N1CCc2c([nH]c3ccccc23)[C@H](OCc2ccccc2)C[C@H]2[C@@H](CC[C@H](C)[C@@H]2CO)C1. The number of aromatic nitrogens is 1. The summed E-state index contributed by atoms with van der Waals surface area (Å²) < 4.78 is 6.71. The van der Waals surface area contributed by atoms with Gasteiger partial charge >= 0.3 is 0 Å². The summed E-state index contributed by atoms with van der Waals surface area (Å²) in [4.78, 5) is 18.4. The number of carbonyl (C=O) groups excluding carboxylic acids is 1. The molecule has 5 nitrogen and oxygen atoms in total. The van der Waals surface area contributed by atoms with Gasteiger partial charge in [0.05, 0.1) is 12.7 Å². The molecule has 186 valence electrons. The maximum Gasteiger partial charge on any atom is 0.219 e. The molecule has 2 aliphatic rings. The van der Waals surface area contributed by atoms with Crippen molar-refractivity contribution >= 4 is 16.8 Å². The molecule has 0 saturated heterocycles. The highest BCUT2D eigenvalue weighted by molar-refractivity contribution is 5.85. The topological polar surface area (TPSA) is 65.6 Å². The first-order chi connectivity index (χ1) is 17.0. The van der Waals surface area contributed by atoms with E-state index in [-0.39, 0.29) is 24.5 Å². The van der Waals surface area contributed by atoms with Crippen LogP contribution in [-0.2, 0) is 22.6 Å². The van der Waals surface area contributed by atoms with Crippen LogP contribution in [0.2, 0.25) is 0 Å². The third-order valence-electron chi connectivity index (χ3n) is 8.57. The third-order valence-corrected chi connectivity index (χ3v) is 8.57. The van der Waals surface area contributed by atoms with E-state index in [2.05, 4.69) is 60.4 Å². The molecule has 1 aliphatic carbocycles. The minimum absolute atomic E-state index is 0.0895. The maximum atomic E-state index is 12.6.